The number of benzene rings is 1. The third kappa shape index (κ3) is 6.98. The van der Waals surface area contributed by atoms with Crippen LogP contribution in [0.2, 0.25) is 0 Å². The summed E-state index contributed by atoms with van der Waals surface area (Å²) in [6, 6.07) is 6.36. The number of carbonyl (C=O) groups excluding carboxylic acids is 2. The van der Waals surface area contributed by atoms with E-state index in [2.05, 4.69) is 10.6 Å². The number of methoxy groups -OCH3 is 1. The van der Waals surface area contributed by atoms with E-state index in [1.165, 1.54) is 0 Å². The van der Waals surface area contributed by atoms with Crippen LogP contribution in [0.3, 0.4) is 0 Å². The molecule has 3 fully saturated rings. The van der Waals surface area contributed by atoms with E-state index in [1.54, 1.807) is 7.11 Å². The highest BCUT2D eigenvalue weighted by Crippen LogP contribution is 2.49. The van der Waals surface area contributed by atoms with Gasteiger partial charge in [0.2, 0.25) is 5.91 Å². The molecular weight excluding hydrogens is 510 g/mol. The normalized spacial score (nSPS) is 24.5. The molecule has 2 amide bonds. The van der Waals surface area contributed by atoms with Crippen molar-refractivity contribution >= 4 is 17.5 Å². The van der Waals surface area contributed by atoms with Gasteiger partial charge in [0.1, 0.15) is 5.75 Å². The van der Waals surface area contributed by atoms with E-state index in [0.717, 1.165) is 94.7 Å². The Labute approximate surface area is 238 Å². The Kier molecular flexibility index (Phi) is 9.35. The molecule has 2 atom stereocenters. The molecule has 1 aromatic carbocycles. The summed E-state index contributed by atoms with van der Waals surface area (Å²) in [6.07, 6.45) is 7.24. The molecule has 5 rings (SSSR count). The van der Waals surface area contributed by atoms with Gasteiger partial charge >= 0.3 is 0 Å². The zero-order valence-electron chi connectivity index (χ0n) is 24.5. The minimum absolute atomic E-state index is 0.0666. The van der Waals surface area contributed by atoms with Crippen LogP contribution in [0.5, 0.6) is 5.75 Å². The van der Waals surface area contributed by atoms with Crippen LogP contribution in [0.1, 0.15) is 70.8 Å². The fourth-order valence-corrected chi connectivity index (χ4v) is 6.13. The molecule has 2 saturated heterocycles. The van der Waals surface area contributed by atoms with E-state index in [0.29, 0.717) is 31.7 Å². The molecular formula is C31H47N3O6. The van der Waals surface area contributed by atoms with E-state index in [-0.39, 0.29) is 17.9 Å². The minimum atomic E-state index is -0.650. The van der Waals surface area contributed by atoms with Gasteiger partial charge in [0.15, 0.2) is 5.60 Å². The maximum absolute atomic E-state index is 13.2. The lowest BCUT2D eigenvalue weighted by molar-refractivity contribution is -0.130. The topological polar surface area (TPSA) is 98.4 Å². The largest absolute Gasteiger partial charge is 0.475 e. The smallest absolute Gasteiger partial charge is 0.271 e. The fourth-order valence-electron chi connectivity index (χ4n) is 6.13. The van der Waals surface area contributed by atoms with Crippen LogP contribution in [-0.4, -0.2) is 76.1 Å². The van der Waals surface area contributed by atoms with Crippen molar-refractivity contribution in [1.29, 1.82) is 0 Å². The number of carbonyl (C=O) groups is 2. The Morgan fingerprint density at radius 2 is 2.00 bits per heavy atom. The zero-order valence-corrected chi connectivity index (χ0v) is 24.5. The maximum Gasteiger partial charge on any atom is 0.271 e. The summed E-state index contributed by atoms with van der Waals surface area (Å²) in [7, 11) is 1.68. The van der Waals surface area contributed by atoms with Crippen LogP contribution < -0.4 is 20.3 Å². The molecule has 1 aromatic rings. The molecule has 0 aromatic heterocycles. The number of rotatable bonds is 12. The van der Waals surface area contributed by atoms with Gasteiger partial charge in [-0.1, -0.05) is 19.9 Å². The van der Waals surface area contributed by atoms with Crippen molar-refractivity contribution in [2.75, 3.05) is 51.5 Å². The first-order chi connectivity index (χ1) is 19.3. The molecule has 0 bridgehead atoms. The Morgan fingerprint density at radius 3 is 2.70 bits per heavy atom. The molecule has 9 nitrogen and oxygen atoms in total. The number of piperidine rings is 1. The SMILES string of the molecule is COCCCN1C(=O)C2(CC2)Oc2ccc(CO[C@@H]3CC[C@@H](CC(C)(C)C(=O)NCC4CCOCC4)NC3)cc21. The summed E-state index contributed by atoms with van der Waals surface area (Å²) in [5.41, 5.74) is 0.789. The second-order valence-corrected chi connectivity index (χ2v) is 12.7. The molecule has 0 radical (unpaired) electrons. The number of ether oxygens (including phenoxy) is 4. The second kappa shape index (κ2) is 12.8. The van der Waals surface area contributed by atoms with Crippen molar-refractivity contribution < 1.29 is 28.5 Å². The number of nitrogens with zero attached hydrogens (tertiary/aromatic N) is 1. The van der Waals surface area contributed by atoms with Crippen LogP contribution >= 0.6 is 0 Å². The highest BCUT2D eigenvalue weighted by atomic mass is 16.5. The van der Waals surface area contributed by atoms with Gasteiger partial charge in [0.25, 0.3) is 5.91 Å². The number of hydrogen-bond acceptors (Lipinski definition) is 7. The van der Waals surface area contributed by atoms with Gasteiger partial charge in [0, 0.05) is 70.9 Å². The number of hydrogen-bond donors (Lipinski definition) is 2. The third-order valence-electron chi connectivity index (χ3n) is 8.91. The lowest BCUT2D eigenvalue weighted by Crippen LogP contribution is -2.48. The summed E-state index contributed by atoms with van der Waals surface area (Å²) >= 11 is 0. The molecule has 1 spiro atoms. The molecule has 3 heterocycles. The molecule has 40 heavy (non-hydrogen) atoms. The number of fused-ring (bicyclic) bond motifs is 1. The summed E-state index contributed by atoms with van der Waals surface area (Å²) in [5.74, 6) is 1.51. The van der Waals surface area contributed by atoms with Crippen LogP contribution in [0.15, 0.2) is 18.2 Å². The Hall–Kier alpha value is -2.20. The molecule has 222 valence electrons. The average molecular weight is 558 g/mol. The lowest BCUT2D eigenvalue weighted by atomic mass is 9.82. The third-order valence-corrected chi connectivity index (χ3v) is 8.91. The van der Waals surface area contributed by atoms with Crippen molar-refractivity contribution in [2.45, 2.75) is 89.6 Å². The average Bonchev–Trinajstić information content (AvgIpc) is 3.74. The van der Waals surface area contributed by atoms with Gasteiger partial charge in [-0.15, -0.1) is 0 Å². The number of nitrogens with one attached hydrogen (secondary N) is 2. The summed E-state index contributed by atoms with van der Waals surface area (Å²) in [5, 5.41) is 6.82. The van der Waals surface area contributed by atoms with Crippen LogP contribution in [0.4, 0.5) is 5.69 Å². The highest BCUT2D eigenvalue weighted by Gasteiger charge is 2.57. The van der Waals surface area contributed by atoms with E-state index in [1.807, 2.05) is 36.9 Å². The first-order valence-electron chi connectivity index (χ1n) is 15.1. The lowest BCUT2D eigenvalue weighted by Gasteiger charge is -2.36. The van der Waals surface area contributed by atoms with Gasteiger partial charge < -0.3 is 34.5 Å². The first kappa shape index (κ1) is 29.3. The Bertz CT molecular complexity index is 1030. The molecule has 1 saturated carbocycles. The van der Waals surface area contributed by atoms with Crippen LogP contribution in [0, 0.1) is 11.3 Å². The molecule has 0 unspecified atom stereocenters. The highest BCUT2D eigenvalue weighted by molar-refractivity contribution is 6.04. The molecule has 1 aliphatic carbocycles. The number of amides is 2. The Balaban J connectivity index is 1.08. The van der Waals surface area contributed by atoms with Gasteiger partial charge in [0.05, 0.1) is 18.4 Å². The monoisotopic (exact) mass is 557 g/mol. The standard InChI is InChI=1S/C31H47N3O6/c1-30(2,28(35)33-19-22-9-15-38-16-10-22)18-24-6-7-25(20-32-24)39-21-23-5-8-27-26(17-23)34(13-4-14-37-3)29(36)31(40-27)11-12-31/h5,8,17,22,24-25,32H,4,6-7,9-16,18-21H2,1-3H3,(H,33,35)/t24-,25+/m0/s1. The van der Waals surface area contributed by atoms with Gasteiger partial charge in [-0.25, -0.2) is 0 Å². The first-order valence-corrected chi connectivity index (χ1v) is 15.1. The minimum Gasteiger partial charge on any atom is -0.475 e. The van der Waals surface area contributed by atoms with Crippen molar-refractivity contribution in [3.63, 3.8) is 0 Å². The zero-order chi connectivity index (χ0) is 28.2. The van der Waals surface area contributed by atoms with Crippen molar-refractivity contribution in [1.82, 2.24) is 10.6 Å². The summed E-state index contributed by atoms with van der Waals surface area (Å²) < 4.78 is 23.1. The quantitative estimate of drug-likeness (QED) is 0.379. The van der Waals surface area contributed by atoms with Gasteiger partial charge in [-0.3, -0.25) is 9.59 Å². The maximum atomic E-state index is 13.2. The van der Waals surface area contributed by atoms with Crippen LogP contribution in [0.25, 0.3) is 0 Å². The predicted octanol–water partition coefficient (Wildman–Crippen LogP) is 3.58. The van der Waals surface area contributed by atoms with Crippen LogP contribution in [-0.2, 0) is 30.4 Å². The Morgan fingerprint density at radius 1 is 1.20 bits per heavy atom. The second-order valence-electron chi connectivity index (χ2n) is 12.7. The number of anilines is 1. The van der Waals surface area contributed by atoms with E-state index >= 15 is 0 Å². The van der Waals surface area contributed by atoms with Crippen molar-refractivity contribution in [3.8, 4) is 5.75 Å². The van der Waals surface area contributed by atoms with E-state index in [4.69, 9.17) is 18.9 Å². The summed E-state index contributed by atoms with van der Waals surface area (Å²) in [6.45, 7) is 8.92. The predicted molar refractivity (Wildman–Crippen MR) is 152 cm³/mol. The molecule has 3 aliphatic heterocycles. The fraction of sp³-hybridized carbons (Fsp3) is 0.742. The molecule has 9 heteroatoms. The molecule has 4 aliphatic rings. The van der Waals surface area contributed by atoms with E-state index < -0.39 is 11.0 Å². The van der Waals surface area contributed by atoms with Gasteiger partial charge in [-0.2, -0.15) is 0 Å². The van der Waals surface area contributed by atoms with Crippen molar-refractivity contribution in [2.24, 2.45) is 11.3 Å². The molecule has 2 N–H and O–H groups in total. The van der Waals surface area contributed by atoms with Gasteiger partial charge in [-0.05, 0) is 62.1 Å². The summed E-state index contributed by atoms with van der Waals surface area (Å²) in [4.78, 5) is 28.0. The van der Waals surface area contributed by atoms with E-state index in [9.17, 15) is 9.59 Å². The van der Waals surface area contributed by atoms with Crippen molar-refractivity contribution in [3.05, 3.63) is 23.8 Å².